The average molecular weight is 404 g/mol. The summed E-state index contributed by atoms with van der Waals surface area (Å²) in [5.74, 6) is -0.442. The molecule has 0 unspecified atom stereocenters. The van der Waals surface area contributed by atoms with Crippen molar-refractivity contribution in [3.63, 3.8) is 0 Å². The van der Waals surface area contributed by atoms with Gasteiger partial charge in [-0.15, -0.1) is 0 Å². The molecule has 0 spiro atoms. The van der Waals surface area contributed by atoms with E-state index in [0.717, 1.165) is 10.2 Å². The Labute approximate surface area is 164 Å². The number of halogens is 3. The third kappa shape index (κ3) is 3.69. The van der Waals surface area contributed by atoms with E-state index in [-0.39, 0.29) is 17.9 Å². The van der Waals surface area contributed by atoms with E-state index in [1.807, 2.05) is 0 Å². The lowest BCUT2D eigenvalue weighted by molar-refractivity contribution is -0.173. The lowest BCUT2D eigenvalue weighted by Gasteiger charge is -2.33. The summed E-state index contributed by atoms with van der Waals surface area (Å²) in [7, 11) is 1.71. The zero-order valence-electron chi connectivity index (χ0n) is 15.7. The number of hydrogen-bond donors (Lipinski definition) is 2. The maximum atomic E-state index is 13.7. The first-order chi connectivity index (χ1) is 13.7. The topological polar surface area (TPSA) is 76.8 Å². The number of rotatable bonds is 3. The van der Waals surface area contributed by atoms with Crippen molar-refractivity contribution < 1.29 is 18.0 Å². The Bertz CT molecular complexity index is 1040. The van der Waals surface area contributed by atoms with Gasteiger partial charge in [0.2, 0.25) is 0 Å². The van der Waals surface area contributed by atoms with E-state index in [2.05, 4.69) is 20.8 Å². The molecule has 0 fully saturated rings. The quantitative estimate of drug-likeness (QED) is 0.696. The van der Waals surface area contributed by atoms with Gasteiger partial charge < -0.3 is 10.6 Å². The fraction of sp³-hybridized carbons (Fsp3) is 0.316. The number of aromatic nitrogens is 4. The van der Waals surface area contributed by atoms with Gasteiger partial charge in [-0.3, -0.25) is 9.48 Å². The molecule has 0 bridgehead atoms. The molecule has 0 saturated carbocycles. The summed E-state index contributed by atoms with van der Waals surface area (Å²) in [4.78, 5) is 12.6. The SMILES string of the molecule is Cc1nn(C)cc1NC(=O)c1cc2n(n1)[C@H](C(F)(F)F)C[C@H](c1ccccc1)N2. The molecule has 0 aliphatic carbocycles. The molecule has 29 heavy (non-hydrogen) atoms. The minimum absolute atomic E-state index is 0.0984. The van der Waals surface area contributed by atoms with Gasteiger partial charge in [-0.2, -0.15) is 23.4 Å². The summed E-state index contributed by atoms with van der Waals surface area (Å²) >= 11 is 0. The number of alkyl halides is 3. The fourth-order valence-electron chi connectivity index (χ4n) is 3.50. The van der Waals surface area contributed by atoms with Crippen molar-refractivity contribution in [3.05, 3.63) is 59.5 Å². The molecule has 7 nitrogen and oxygen atoms in total. The number of nitrogens with one attached hydrogen (secondary N) is 2. The fourth-order valence-corrected chi connectivity index (χ4v) is 3.50. The molecule has 2 N–H and O–H groups in total. The number of aryl methyl sites for hydroxylation is 2. The van der Waals surface area contributed by atoms with E-state index in [0.29, 0.717) is 11.4 Å². The summed E-state index contributed by atoms with van der Waals surface area (Å²) in [6, 6.07) is 7.89. The summed E-state index contributed by atoms with van der Waals surface area (Å²) in [6.07, 6.45) is -3.10. The van der Waals surface area contributed by atoms with E-state index in [1.54, 1.807) is 50.5 Å². The molecular formula is C19H19F3N6O. The number of carbonyl (C=O) groups excluding carboxylic acids is 1. The summed E-state index contributed by atoms with van der Waals surface area (Å²) < 4.78 is 43.6. The second kappa shape index (κ2) is 6.94. The maximum absolute atomic E-state index is 13.7. The van der Waals surface area contributed by atoms with Crippen molar-refractivity contribution in [2.45, 2.75) is 31.6 Å². The van der Waals surface area contributed by atoms with Crippen molar-refractivity contribution in [3.8, 4) is 0 Å². The van der Waals surface area contributed by atoms with E-state index in [4.69, 9.17) is 0 Å². The highest BCUT2D eigenvalue weighted by Gasteiger charge is 2.46. The van der Waals surface area contributed by atoms with Crippen LogP contribution in [0.25, 0.3) is 0 Å². The van der Waals surface area contributed by atoms with Crippen LogP contribution in [0.4, 0.5) is 24.7 Å². The molecule has 1 amide bonds. The van der Waals surface area contributed by atoms with Gasteiger partial charge >= 0.3 is 6.18 Å². The smallest absolute Gasteiger partial charge is 0.363 e. The van der Waals surface area contributed by atoms with Crippen LogP contribution in [0.3, 0.4) is 0 Å². The largest absolute Gasteiger partial charge is 0.410 e. The van der Waals surface area contributed by atoms with Gasteiger partial charge in [-0.05, 0) is 12.5 Å². The van der Waals surface area contributed by atoms with Gasteiger partial charge in [0, 0.05) is 25.7 Å². The Balaban J connectivity index is 1.65. The summed E-state index contributed by atoms with van der Waals surface area (Å²) in [5.41, 5.74) is 1.72. The predicted molar refractivity (Wildman–Crippen MR) is 101 cm³/mol. The Morgan fingerprint density at radius 3 is 2.59 bits per heavy atom. The second-order valence-electron chi connectivity index (χ2n) is 7.02. The van der Waals surface area contributed by atoms with Crippen LogP contribution in [0.5, 0.6) is 0 Å². The maximum Gasteiger partial charge on any atom is 0.410 e. The number of amides is 1. The van der Waals surface area contributed by atoms with Crippen LogP contribution >= 0.6 is 0 Å². The monoisotopic (exact) mass is 404 g/mol. The van der Waals surface area contributed by atoms with Gasteiger partial charge in [0.15, 0.2) is 11.7 Å². The Hall–Kier alpha value is -3.30. The number of anilines is 2. The highest BCUT2D eigenvalue weighted by molar-refractivity contribution is 6.03. The highest BCUT2D eigenvalue weighted by atomic mass is 19.4. The number of nitrogens with zero attached hydrogens (tertiary/aromatic N) is 4. The zero-order valence-corrected chi connectivity index (χ0v) is 15.7. The van der Waals surface area contributed by atoms with Crippen LogP contribution in [-0.2, 0) is 7.05 Å². The molecule has 2 aromatic heterocycles. The van der Waals surface area contributed by atoms with Crippen molar-refractivity contribution in [2.75, 3.05) is 10.6 Å². The van der Waals surface area contributed by atoms with Crippen LogP contribution in [0, 0.1) is 6.92 Å². The Morgan fingerprint density at radius 1 is 1.24 bits per heavy atom. The molecule has 3 aromatic rings. The van der Waals surface area contributed by atoms with E-state index in [9.17, 15) is 18.0 Å². The first-order valence-electron chi connectivity index (χ1n) is 9.01. The van der Waals surface area contributed by atoms with Crippen LogP contribution in [0.2, 0.25) is 0 Å². The molecule has 1 aromatic carbocycles. The first kappa shape index (κ1) is 19.0. The minimum atomic E-state index is -4.50. The summed E-state index contributed by atoms with van der Waals surface area (Å²) in [6.45, 7) is 1.72. The van der Waals surface area contributed by atoms with Crippen molar-refractivity contribution in [1.29, 1.82) is 0 Å². The number of benzene rings is 1. The lowest BCUT2D eigenvalue weighted by atomic mass is 9.97. The molecule has 4 rings (SSSR count). The van der Waals surface area contributed by atoms with E-state index in [1.165, 1.54) is 10.7 Å². The average Bonchev–Trinajstić information content (AvgIpc) is 3.23. The van der Waals surface area contributed by atoms with Crippen LogP contribution < -0.4 is 10.6 Å². The standard InChI is InChI=1S/C19H19F3N6O/c1-11-15(10-27(2)25-11)24-18(29)14-9-17-23-13(12-6-4-3-5-7-12)8-16(19(20,21)22)28(17)26-14/h3-7,9-10,13,16,23H,8H2,1-2H3,(H,24,29)/t13-,16+/m1/s1. The minimum Gasteiger partial charge on any atom is -0.363 e. The normalized spacial score (nSPS) is 18.8. The van der Waals surface area contributed by atoms with Crippen molar-refractivity contribution in [1.82, 2.24) is 19.6 Å². The van der Waals surface area contributed by atoms with E-state index >= 15 is 0 Å². The molecule has 3 heterocycles. The van der Waals surface area contributed by atoms with Crippen LogP contribution in [-0.4, -0.2) is 31.6 Å². The van der Waals surface area contributed by atoms with Gasteiger partial charge in [0.05, 0.1) is 17.4 Å². The number of hydrogen-bond acceptors (Lipinski definition) is 4. The molecule has 10 heteroatoms. The van der Waals surface area contributed by atoms with Crippen molar-refractivity contribution in [2.24, 2.45) is 7.05 Å². The Morgan fingerprint density at radius 2 is 1.97 bits per heavy atom. The zero-order chi connectivity index (χ0) is 20.8. The van der Waals surface area contributed by atoms with Crippen LogP contribution in [0.15, 0.2) is 42.6 Å². The lowest BCUT2D eigenvalue weighted by Crippen LogP contribution is -2.35. The second-order valence-corrected chi connectivity index (χ2v) is 7.02. The molecule has 1 aliphatic heterocycles. The molecule has 0 radical (unpaired) electrons. The van der Waals surface area contributed by atoms with Gasteiger partial charge in [0.25, 0.3) is 5.91 Å². The number of carbonyl (C=O) groups is 1. The van der Waals surface area contributed by atoms with E-state index < -0.39 is 24.2 Å². The van der Waals surface area contributed by atoms with Gasteiger partial charge in [-0.1, -0.05) is 30.3 Å². The van der Waals surface area contributed by atoms with Crippen molar-refractivity contribution >= 4 is 17.4 Å². The molecular weight excluding hydrogens is 385 g/mol. The molecule has 2 atom stereocenters. The first-order valence-corrected chi connectivity index (χ1v) is 9.01. The van der Waals surface area contributed by atoms with Gasteiger partial charge in [0.1, 0.15) is 5.82 Å². The highest BCUT2D eigenvalue weighted by Crippen LogP contribution is 2.43. The number of fused-ring (bicyclic) bond motifs is 1. The van der Waals surface area contributed by atoms with Crippen LogP contribution in [0.1, 0.15) is 40.3 Å². The predicted octanol–water partition coefficient (Wildman–Crippen LogP) is 3.84. The third-order valence-corrected chi connectivity index (χ3v) is 4.89. The molecule has 152 valence electrons. The third-order valence-electron chi connectivity index (χ3n) is 4.89. The summed E-state index contributed by atoms with van der Waals surface area (Å²) in [5, 5.41) is 13.8. The molecule has 1 aliphatic rings. The Kier molecular flexibility index (Phi) is 4.56. The molecule has 0 saturated heterocycles. The van der Waals surface area contributed by atoms with Gasteiger partial charge in [-0.25, -0.2) is 4.68 Å².